The molecule has 0 fully saturated rings. The molecule has 0 bridgehead atoms. The summed E-state index contributed by atoms with van der Waals surface area (Å²) in [5, 5.41) is 3.04. The number of hydrogen-bond donors (Lipinski definition) is 1. The zero-order valence-corrected chi connectivity index (χ0v) is 23.5. The minimum absolute atomic E-state index is 0.0227. The summed E-state index contributed by atoms with van der Waals surface area (Å²) in [4.78, 5) is 26.5. The van der Waals surface area contributed by atoms with Crippen molar-refractivity contribution < 1.29 is 19.0 Å². The summed E-state index contributed by atoms with van der Waals surface area (Å²) >= 11 is 0. The maximum atomic E-state index is 13.0. The lowest BCUT2D eigenvalue weighted by Gasteiger charge is -2.19. The Hall–Kier alpha value is -4.46. The van der Waals surface area contributed by atoms with E-state index in [0.29, 0.717) is 46.6 Å². The molecule has 0 aliphatic rings. The lowest BCUT2D eigenvalue weighted by molar-refractivity contribution is 0.102. The van der Waals surface area contributed by atoms with Crippen molar-refractivity contribution in [1.29, 1.82) is 0 Å². The van der Waals surface area contributed by atoms with Crippen LogP contribution in [0.25, 0.3) is 11.4 Å². The summed E-state index contributed by atoms with van der Waals surface area (Å²) < 4.78 is 16.4. The number of aromatic nitrogens is 3. The molecular weight excluding hydrogens is 492 g/mol. The third-order valence-electron chi connectivity index (χ3n) is 6.54. The van der Waals surface area contributed by atoms with Gasteiger partial charge in [-0.05, 0) is 59.4 Å². The van der Waals surface area contributed by atoms with Crippen molar-refractivity contribution in [2.24, 2.45) is 0 Å². The van der Waals surface area contributed by atoms with Gasteiger partial charge in [-0.25, -0.2) is 15.0 Å². The third kappa shape index (κ3) is 6.17. The zero-order valence-electron chi connectivity index (χ0n) is 23.5. The van der Waals surface area contributed by atoms with Gasteiger partial charge in [0.05, 0.1) is 21.3 Å². The van der Waals surface area contributed by atoms with E-state index < -0.39 is 0 Å². The Balaban J connectivity index is 1.58. The van der Waals surface area contributed by atoms with E-state index in [-0.39, 0.29) is 11.3 Å². The quantitative estimate of drug-likeness (QED) is 0.300. The first-order chi connectivity index (χ1) is 18.6. The molecule has 3 aromatic carbocycles. The van der Waals surface area contributed by atoms with Crippen LogP contribution in [0, 0.1) is 6.92 Å². The van der Waals surface area contributed by atoms with Crippen LogP contribution >= 0.6 is 0 Å². The van der Waals surface area contributed by atoms with E-state index in [1.165, 1.54) is 11.9 Å². The van der Waals surface area contributed by atoms with Gasteiger partial charge in [-0.2, -0.15) is 0 Å². The lowest BCUT2D eigenvalue weighted by atomic mass is 9.86. The van der Waals surface area contributed by atoms with Gasteiger partial charge >= 0.3 is 0 Å². The summed E-state index contributed by atoms with van der Waals surface area (Å²) in [6.07, 6.45) is 1.93. The monoisotopic (exact) mass is 526 g/mol. The lowest BCUT2D eigenvalue weighted by Crippen LogP contribution is -2.15. The van der Waals surface area contributed by atoms with Crippen LogP contribution < -0.4 is 19.5 Å². The van der Waals surface area contributed by atoms with Crippen molar-refractivity contribution in [3.8, 4) is 28.6 Å². The molecule has 8 nitrogen and oxygen atoms in total. The molecule has 1 aromatic heterocycles. The molecule has 0 unspecified atom stereocenters. The second-order valence-corrected chi connectivity index (χ2v) is 10.2. The topological polar surface area (TPSA) is 95.5 Å². The second-order valence-electron chi connectivity index (χ2n) is 10.2. The van der Waals surface area contributed by atoms with Crippen molar-refractivity contribution >= 4 is 11.6 Å². The van der Waals surface area contributed by atoms with Gasteiger partial charge in [-0.3, -0.25) is 4.79 Å². The number of nitrogens with zero attached hydrogens (tertiary/aromatic N) is 3. The van der Waals surface area contributed by atoms with Gasteiger partial charge in [0.1, 0.15) is 12.2 Å². The molecule has 4 rings (SSSR count). The SMILES string of the molecule is COc1cc(Cc2ncnc(-c3cccc(NC(=O)c4ccc(C(C)(C)C)cc4)c3C)n2)cc(OC)c1OC. The number of nitrogens with one attached hydrogen (secondary N) is 1. The molecule has 0 saturated heterocycles. The highest BCUT2D eigenvalue weighted by atomic mass is 16.5. The van der Waals surface area contributed by atoms with Crippen LogP contribution in [-0.2, 0) is 11.8 Å². The molecule has 39 heavy (non-hydrogen) atoms. The fourth-order valence-electron chi connectivity index (χ4n) is 4.29. The molecule has 8 heteroatoms. The molecule has 202 valence electrons. The summed E-state index contributed by atoms with van der Waals surface area (Å²) in [7, 11) is 4.73. The van der Waals surface area contributed by atoms with Crippen molar-refractivity contribution in [2.75, 3.05) is 26.6 Å². The molecule has 0 radical (unpaired) electrons. The number of carbonyl (C=O) groups is 1. The summed E-state index contributed by atoms with van der Waals surface area (Å²) in [5.74, 6) is 2.59. The number of methoxy groups -OCH3 is 3. The number of anilines is 1. The molecule has 1 heterocycles. The molecule has 0 atom stereocenters. The van der Waals surface area contributed by atoms with E-state index in [0.717, 1.165) is 16.7 Å². The van der Waals surface area contributed by atoms with E-state index in [4.69, 9.17) is 19.2 Å². The number of benzene rings is 3. The van der Waals surface area contributed by atoms with E-state index in [1.54, 1.807) is 21.3 Å². The Kier molecular flexibility index (Phi) is 8.14. The average Bonchev–Trinajstić information content (AvgIpc) is 2.93. The zero-order chi connectivity index (χ0) is 28.2. The Labute approximate surface area is 229 Å². The number of rotatable bonds is 8. The van der Waals surface area contributed by atoms with Gasteiger partial charge in [-0.15, -0.1) is 0 Å². The predicted octanol–water partition coefficient (Wildman–Crippen LogP) is 6.01. The van der Waals surface area contributed by atoms with Crippen LogP contribution in [0.3, 0.4) is 0 Å². The van der Waals surface area contributed by atoms with Crippen LogP contribution in [0.2, 0.25) is 0 Å². The van der Waals surface area contributed by atoms with Gasteiger partial charge in [0.2, 0.25) is 5.75 Å². The Morgan fingerprint density at radius 1 is 0.897 bits per heavy atom. The Morgan fingerprint density at radius 3 is 2.15 bits per heavy atom. The Morgan fingerprint density at radius 2 is 1.56 bits per heavy atom. The molecule has 4 aromatic rings. The maximum Gasteiger partial charge on any atom is 0.255 e. The first-order valence-electron chi connectivity index (χ1n) is 12.6. The number of hydrogen-bond acceptors (Lipinski definition) is 7. The van der Waals surface area contributed by atoms with Crippen molar-refractivity contribution in [3.63, 3.8) is 0 Å². The normalized spacial score (nSPS) is 11.2. The highest BCUT2D eigenvalue weighted by Gasteiger charge is 2.17. The number of ether oxygens (including phenoxy) is 3. The first-order valence-corrected chi connectivity index (χ1v) is 12.6. The number of carbonyl (C=O) groups excluding carboxylic acids is 1. The van der Waals surface area contributed by atoms with Crippen molar-refractivity contribution in [1.82, 2.24) is 15.0 Å². The Bertz CT molecular complexity index is 1450. The van der Waals surface area contributed by atoms with Gasteiger partial charge in [0.15, 0.2) is 17.3 Å². The predicted molar refractivity (Wildman–Crippen MR) is 152 cm³/mol. The standard InChI is InChI=1S/C31H34N4O4/c1-19-23(9-8-10-24(19)34-30(36)21-11-13-22(14-12-21)31(2,3)4)29-33-18-32-27(35-29)17-20-15-25(37-5)28(39-7)26(16-20)38-6/h8-16,18H,17H2,1-7H3,(H,34,36). The van der Waals surface area contributed by atoms with Crippen LogP contribution in [0.1, 0.15) is 53.6 Å². The first kappa shape index (κ1) is 27.6. The largest absolute Gasteiger partial charge is 0.493 e. The summed E-state index contributed by atoms with van der Waals surface area (Å²) in [6, 6.07) is 17.1. The fourth-order valence-corrected chi connectivity index (χ4v) is 4.29. The highest BCUT2D eigenvalue weighted by molar-refractivity contribution is 6.05. The smallest absolute Gasteiger partial charge is 0.255 e. The molecule has 1 N–H and O–H groups in total. The van der Waals surface area contributed by atoms with E-state index in [1.807, 2.05) is 61.5 Å². The van der Waals surface area contributed by atoms with E-state index in [2.05, 4.69) is 36.1 Å². The molecular formula is C31H34N4O4. The van der Waals surface area contributed by atoms with Gasteiger partial charge in [0.25, 0.3) is 5.91 Å². The summed E-state index contributed by atoms with van der Waals surface area (Å²) in [6.45, 7) is 8.38. The van der Waals surface area contributed by atoms with Crippen LogP contribution in [-0.4, -0.2) is 42.2 Å². The van der Waals surface area contributed by atoms with Crippen molar-refractivity contribution in [2.45, 2.75) is 39.5 Å². The third-order valence-corrected chi connectivity index (χ3v) is 6.54. The van der Waals surface area contributed by atoms with Gasteiger partial charge in [0, 0.05) is 23.2 Å². The highest BCUT2D eigenvalue weighted by Crippen LogP contribution is 2.38. The van der Waals surface area contributed by atoms with Gasteiger partial charge in [-0.1, -0.05) is 45.0 Å². The molecule has 0 saturated carbocycles. The van der Waals surface area contributed by atoms with Crippen LogP contribution in [0.4, 0.5) is 5.69 Å². The maximum absolute atomic E-state index is 13.0. The van der Waals surface area contributed by atoms with Crippen LogP contribution in [0.15, 0.2) is 60.9 Å². The number of amides is 1. The second kappa shape index (κ2) is 11.5. The molecule has 0 spiro atoms. The summed E-state index contributed by atoms with van der Waals surface area (Å²) in [5.41, 5.74) is 5.07. The van der Waals surface area contributed by atoms with E-state index >= 15 is 0 Å². The van der Waals surface area contributed by atoms with E-state index in [9.17, 15) is 4.79 Å². The fraction of sp³-hybridized carbons (Fsp3) is 0.290. The van der Waals surface area contributed by atoms with Crippen molar-refractivity contribution in [3.05, 3.63) is 89.0 Å². The van der Waals surface area contributed by atoms with Crippen LogP contribution in [0.5, 0.6) is 17.2 Å². The minimum atomic E-state index is -0.172. The average molecular weight is 527 g/mol. The molecule has 0 aliphatic carbocycles. The van der Waals surface area contributed by atoms with Gasteiger partial charge < -0.3 is 19.5 Å². The molecule has 0 aliphatic heterocycles. The molecule has 1 amide bonds. The minimum Gasteiger partial charge on any atom is -0.493 e.